The van der Waals surface area contributed by atoms with Crippen LogP contribution in [0.2, 0.25) is 0 Å². The Kier molecular flexibility index (Phi) is 5.00. The van der Waals surface area contributed by atoms with Gasteiger partial charge in [-0.2, -0.15) is 0 Å². The first-order chi connectivity index (χ1) is 6.76. The number of ether oxygens (including phenoxy) is 1. The lowest BCUT2D eigenvalue weighted by molar-refractivity contribution is -0.116. The van der Waals surface area contributed by atoms with Gasteiger partial charge in [-0.3, -0.25) is 10.1 Å². The third-order valence-electron chi connectivity index (χ3n) is 1.31. The van der Waals surface area contributed by atoms with E-state index in [0.717, 1.165) is 0 Å². The van der Waals surface area contributed by atoms with Crippen molar-refractivity contribution in [3.05, 3.63) is 12.2 Å². The van der Waals surface area contributed by atoms with Crippen LogP contribution >= 0.6 is 0 Å². The van der Waals surface area contributed by atoms with Crippen LogP contribution in [0.5, 0.6) is 0 Å². The molecule has 0 aromatic heterocycles. The molecule has 1 atom stereocenters. The number of hydrogen-bond donors (Lipinski definition) is 2. The topological polar surface area (TPSA) is 81.4 Å². The van der Waals surface area contributed by atoms with Crippen LogP contribution in [0.1, 0.15) is 27.7 Å². The van der Waals surface area contributed by atoms with E-state index in [1.165, 1.54) is 6.08 Å². The Morgan fingerprint density at radius 2 is 1.93 bits per heavy atom. The third kappa shape index (κ3) is 6.68. The number of ketones is 1. The molecule has 0 aliphatic rings. The van der Waals surface area contributed by atoms with Crippen molar-refractivity contribution >= 4 is 11.9 Å². The van der Waals surface area contributed by atoms with E-state index in [2.05, 4.69) is 5.32 Å². The zero-order valence-electron chi connectivity index (χ0n) is 9.53. The largest absolute Gasteiger partial charge is 0.444 e. The SMILES string of the molecule is C/C=C/C(=O)[C@H](N)NC(=O)OC(C)(C)C. The van der Waals surface area contributed by atoms with Crippen molar-refractivity contribution in [2.24, 2.45) is 5.73 Å². The molecule has 0 aliphatic carbocycles. The summed E-state index contributed by atoms with van der Waals surface area (Å²) in [6.45, 7) is 6.88. The van der Waals surface area contributed by atoms with E-state index in [-0.39, 0.29) is 5.78 Å². The fraction of sp³-hybridized carbons (Fsp3) is 0.600. The lowest BCUT2D eigenvalue weighted by atomic mass is 10.2. The Balaban J connectivity index is 4.13. The molecule has 0 aromatic carbocycles. The van der Waals surface area contributed by atoms with Gasteiger partial charge in [-0.05, 0) is 33.8 Å². The Morgan fingerprint density at radius 3 is 2.33 bits per heavy atom. The minimum Gasteiger partial charge on any atom is -0.444 e. The van der Waals surface area contributed by atoms with Crippen molar-refractivity contribution in [3.8, 4) is 0 Å². The highest BCUT2D eigenvalue weighted by Crippen LogP contribution is 2.06. The van der Waals surface area contributed by atoms with Crippen LogP contribution in [-0.4, -0.2) is 23.6 Å². The number of carbonyl (C=O) groups excluding carboxylic acids is 2. The third-order valence-corrected chi connectivity index (χ3v) is 1.31. The van der Waals surface area contributed by atoms with Crippen molar-refractivity contribution in [3.63, 3.8) is 0 Å². The molecule has 0 saturated carbocycles. The van der Waals surface area contributed by atoms with Gasteiger partial charge in [0, 0.05) is 0 Å². The molecule has 5 heteroatoms. The highest BCUT2D eigenvalue weighted by molar-refractivity contribution is 5.95. The maximum absolute atomic E-state index is 11.2. The number of rotatable bonds is 3. The fourth-order valence-electron chi connectivity index (χ4n) is 0.774. The van der Waals surface area contributed by atoms with E-state index >= 15 is 0 Å². The lowest BCUT2D eigenvalue weighted by Gasteiger charge is -2.21. The van der Waals surface area contributed by atoms with Gasteiger partial charge >= 0.3 is 6.09 Å². The van der Waals surface area contributed by atoms with E-state index in [0.29, 0.717) is 0 Å². The number of amides is 1. The normalized spacial score (nSPS) is 13.7. The monoisotopic (exact) mass is 214 g/mol. The first kappa shape index (κ1) is 13.6. The molecule has 3 N–H and O–H groups in total. The van der Waals surface area contributed by atoms with Gasteiger partial charge in [0.1, 0.15) is 11.8 Å². The van der Waals surface area contributed by atoms with Crippen molar-refractivity contribution in [2.45, 2.75) is 39.5 Å². The van der Waals surface area contributed by atoms with Gasteiger partial charge in [-0.15, -0.1) is 0 Å². The molecule has 0 aliphatic heterocycles. The number of nitrogens with two attached hydrogens (primary N) is 1. The van der Waals surface area contributed by atoms with E-state index < -0.39 is 17.9 Å². The zero-order chi connectivity index (χ0) is 12.1. The first-order valence-corrected chi connectivity index (χ1v) is 4.68. The molecular formula is C10H18N2O3. The summed E-state index contributed by atoms with van der Waals surface area (Å²) in [6.07, 6.45) is 1.09. The smallest absolute Gasteiger partial charge is 0.409 e. The molecular weight excluding hydrogens is 196 g/mol. The molecule has 0 rings (SSSR count). The Hall–Kier alpha value is -1.36. The van der Waals surface area contributed by atoms with Crippen molar-refractivity contribution in [2.75, 3.05) is 0 Å². The lowest BCUT2D eigenvalue weighted by Crippen LogP contribution is -2.48. The molecule has 0 fully saturated rings. The van der Waals surface area contributed by atoms with Crippen molar-refractivity contribution in [1.82, 2.24) is 5.32 Å². The Bertz CT molecular complexity index is 266. The highest BCUT2D eigenvalue weighted by Gasteiger charge is 2.19. The summed E-state index contributed by atoms with van der Waals surface area (Å²) in [5.74, 6) is -0.372. The number of alkyl carbamates (subject to hydrolysis) is 1. The predicted octanol–water partition coefficient (Wildman–Crippen LogP) is 0.941. The molecule has 15 heavy (non-hydrogen) atoms. The van der Waals surface area contributed by atoms with Gasteiger partial charge in [0.25, 0.3) is 0 Å². The van der Waals surface area contributed by atoms with Crippen LogP contribution in [-0.2, 0) is 9.53 Å². The van der Waals surface area contributed by atoms with Gasteiger partial charge in [0.15, 0.2) is 5.78 Å². The quantitative estimate of drug-likeness (QED) is 0.541. The van der Waals surface area contributed by atoms with Crippen LogP contribution < -0.4 is 11.1 Å². The first-order valence-electron chi connectivity index (χ1n) is 4.68. The summed E-state index contributed by atoms with van der Waals surface area (Å²) in [7, 11) is 0. The molecule has 0 saturated heterocycles. The molecule has 0 heterocycles. The van der Waals surface area contributed by atoms with Crippen molar-refractivity contribution in [1.29, 1.82) is 0 Å². The minimum atomic E-state index is -1.06. The van der Waals surface area contributed by atoms with E-state index in [1.54, 1.807) is 33.8 Å². The predicted molar refractivity (Wildman–Crippen MR) is 57.2 cm³/mol. The molecule has 1 amide bonds. The molecule has 0 unspecified atom stereocenters. The van der Waals surface area contributed by atoms with E-state index in [1.807, 2.05) is 0 Å². The summed E-state index contributed by atoms with van der Waals surface area (Å²) >= 11 is 0. The standard InChI is InChI=1S/C10H18N2O3/c1-5-6-7(13)8(11)12-9(14)15-10(2,3)4/h5-6,8H,11H2,1-4H3,(H,12,14)/b6-5+/t8-/m1/s1. The van der Waals surface area contributed by atoms with Crippen LogP contribution in [0.15, 0.2) is 12.2 Å². The Labute approximate surface area is 89.7 Å². The zero-order valence-corrected chi connectivity index (χ0v) is 9.53. The molecule has 5 nitrogen and oxygen atoms in total. The fourth-order valence-corrected chi connectivity index (χ4v) is 0.774. The molecule has 0 aromatic rings. The average Bonchev–Trinajstić information content (AvgIpc) is 2.00. The van der Waals surface area contributed by atoms with Crippen LogP contribution in [0.3, 0.4) is 0 Å². The Morgan fingerprint density at radius 1 is 1.40 bits per heavy atom. The summed E-state index contributed by atoms with van der Waals surface area (Å²) in [5.41, 5.74) is 4.81. The van der Waals surface area contributed by atoms with E-state index in [9.17, 15) is 9.59 Å². The van der Waals surface area contributed by atoms with E-state index in [4.69, 9.17) is 10.5 Å². The number of carbonyl (C=O) groups is 2. The highest BCUT2D eigenvalue weighted by atomic mass is 16.6. The summed E-state index contributed by atoms with van der Waals surface area (Å²) in [4.78, 5) is 22.4. The summed E-state index contributed by atoms with van der Waals surface area (Å²) < 4.78 is 4.93. The maximum atomic E-state index is 11.2. The minimum absolute atomic E-state index is 0.372. The molecule has 86 valence electrons. The number of hydrogen-bond acceptors (Lipinski definition) is 4. The number of allylic oxidation sites excluding steroid dienone is 1. The maximum Gasteiger partial charge on any atom is 0.409 e. The van der Waals surface area contributed by atoms with Gasteiger partial charge < -0.3 is 10.5 Å². The summed E-state index contributed by atoms with van der Waals surface area (Å²) in [5, 5.41) is 2.24. The van der Waals surface area contributed by atoms with Crippen molar-refractivity contribution < 1.29 is 14.3 Å². The second-order valence-corrected chi connectivity index (χ2v) is 4.03. The van der Waals surface area contributed by atoms with Crippen LogP contribution in [0.4, 0.5) is 4.79 Å². The second kappa shape index (κ2) is 5.50. The van der Waals surface area contributed by atoms with Gasteiger partial charge in [0.2, 0.25) is 0 Å². The van der Waals surface area contributed by atoms with Crippen LogP contribution in [0.25, 0.3) is 0 Å². The summed E-state index contributed by atoms with van der Waals surface area (Å²) in [6, 6.07) is 0. The molecule has 0 radical (unpaired) electrons. The molecule has 0 bridgehead atoms. The van der Waals surface area contributed by atoms with Crippen LogP contribution in [0, 0.1) is 0 Å². The van der Waals surface area contributed by atoms with Gasteiger partial charge in [-0.25, -0.2) is 4.79 Å². The van der Waals surface area contributed by atoms with Gasteiger partial charge in [-0.1, -0.05) is 6.08 Å². The average molecular weight is 214 g/mol. The molecule has 0 spiro atoms. The second-order valence-electron chi connectivity index (χ2n) is 4.03. The van der Waals surface area contributed by atoms with Gasteiger partial charge in [0.05, 0.1) is 0 Å². The number of nitrogens with one attached hydrogen (secondary N) is 1.